The van der Waals surface area contributed by atoms with Crippen LogP contribution >= 0.6 is 15.9 Å². The van der Waals surface area contributed by atoms with Gasteiger partial charge in [-0.2, -0.15) is 0 Å². The molecule has 1 rings (SSSR count). The van der Waals surface area contributed by atoms with E-state index in [9.17, 15) is 9.59 Å². The molecule has 0 radical (unpaired) electrons. The third-order valence-electron chi connectivity index (χ3n) is 1.96. The number of carboxylic acids is 2. The molecule has 5 heteroatoms. The fourth-order valence-corrected chi connectivity index (χ4v) is 1.82. The van der Waals surface area contributed by atoms with Gasteiger partial charge in [-0.25, -0.2) is 0 Å². The second kappa shape index (κ2) is 4.93. The second-order valence-corrected chi connectivity index (χ2v) is 3.86. The van der Waals surface area contributed by atoms with E-state index >= 15 is 0 Å². The summed E-state index contributed by atoms with van der Waals surface area (Å²) in [7, 11) is 0. The summed E-state index contributed by atoms with van der Waals surface area (Å²) in [5.74, 6) is -3.28. The SMILES string of the molecule is O=C(O)C[C@H](C(=O)O)c1ccccc1Br. The van der Waals surface area contributed by atoms with Gasteiger partial charge in [0.25, 0.3) is 0 Å². The fraction of sp³-hybridized carbons (Fsp3) is 0.200. The van der Waals surface area contributed by atoms with Crippen molar-refractivity contribution in [1.82, 2.24) is 0 Å². The lowest BCUT2D eigenvalue weighted by Crippen LogP contribution is -2.16. The number of hydrogen-bond donors (Lipinski definition) is 2. The van der Waals surface area contributed by atoms with Gasteiger partial charge in [0, 0.05) is 4.47 Å². The minimum absolute atomic E-state index is 0.419. The molecule has 0 aromatic heterocycles. The molecule has 2 N–H and O–H groups in total. The molecular weight excluding hydrogens is 264 g/mol. The van der Waals surface area contributed by atoms with Crippen LogP contribution in [0.2, 0.25) is 0 Å². The summed E-state index contributed by atoms with van der Waals surface area (Å²) in [6, 6.07) is 6.71. The number of benzene rings is 1. The Bertz CT molecular complexity index is 389. The van der Waals surface area contributed by atoms with E-state index < -0.39 is 24.3 Å². The number of halogens is 1. The summed E-state index contributed by atoms with van der Waals surface area (Å²) < 4.78 is 0.610. The Labute approximate surface area is 94.7 Å². The molecule has 0 aliphatic heterocycles. The van der Waals surface area contributed by atoms with E-state index in [0.717, 1.165) is 0 Å². The summed E-state index contributed by atoms with van der Waals surface area (Å²) in [5, 5.41) is 17.5. The van der Waals surface area contributed by atoms with Gasteiger partial charge in [-0.3, -0.25) is 9.59 Å². The highest BCUT2D eigenvalue weighted by Gasteiger charge is 2.24. The quantitative estimate of drug-likeness (QED) is 0.880. The molecule has 0 aliphatic carbocycles. The van der Waals surface area contributed by atoms with E-state index in [2.05, 4.69) is 15.9 Å². The number of hydrogen-bond acceptors (Lipinski definition) is 2. The first-order chi connectivity index (χ1) is 7.02. The summed E-state index contributed by atoms with van der Waals surface area (Å²) in [6.07, 6.45) is -0.419. The first-order valence-electron chi connectivity index (χ1n) is 4.21. The molecular formula is C10H9BrO4. The Morgan fingerprint density at radius 2 is 1.87 bits per heavy atom. The lowest BCUT2D eigenvalue weighted by Gasteiger charge is -2.11. The molecule has 0 bridgehead atoms. The van der Waals surface area contributed by atoms with Crippen LogP contribution in [0.3, 0.4) is 0 Å². The van der Waals surface area contributed by atoms with Crippen LogP contribution in [0.5, 0.6) is 0 Å². The molecule has 0 unspecified atom stereocenters. The van der Waals surface area contributed by atoms with Crippen molar-refractivity contribution in [1.29, 1.82) is 0 Å². The predicted octanol–water partition coefficient (Wildman–Crippen LogP) is 2.09. The van der Waals surface area contributed by atoms with Crippen molar-refractivity contribution in [3.63, 3.8) is 0 Å². The zero-order valence-corrected chi connectivity index (χ0v) is 9.27. The summed E-state index contributed by atoms with van der Waals surface area (Å²) in [4.78, 5) is 21.4. The van der Waals surface area contributed by atoms with E-state index in [1.54, 1.807) is 24.3 Å². The van der Waals surface area contributed by atoms with Crippen LogP contribution in [-0.4, -0.2) is 22.2 Å². The topological polar surface area (TPSA) is 74.6 Å². The molecule has 0 spiro atoms. The molecule has 80 valence electrons. The molecule has 0 saturated carbocycles. The molecule has 4 nitrogen and oxygen atoms in total. The fourth-order valence-electron chi connectivity index (χ4n) is 1.26. The van der Waals surface area contributed by atoms with Crippen molar-refractivity contribution < 1.29 is 19.8 Å². The first-order valence-corrected chi connectivity index (χ1v) is 5.00. The third-order valence-corrected chi connectivity index (χ3v) is 2.68. The van der Waals surface area contributed by atoms with Gasteiger partial charge in [0.1, 0.15) is 0 Å². The van der Waals surface area contributed by atoms with Crippen molar-refractivity contribution in [2.24, 2.45) is 0 Å². The molecule has 1 aromatic rings. The zero-order chi connectivity index (χ0) is 11.4. The largest absolute Gasteiger partial charge is 0.481 e. The summed E-state index contributed by atoms with van der Waals surface area (Å²) >= 11 is 3.20. The second-order valence-electron chi connectivity index (χ2n) is 3.01. The van der Waals surface area contributed by atoms with Gasteiger partial charge in [-0.1, -0.05) is 34.1 Å². The predicted molar refractivity (Wildman–Crippen MR) is 56.8 cm³/mol. The van der Waals surface area contributed by atoms with Crippen molar-refractivity contribution in [3.05, 3.63) is 34.3 Å². The maximum Gasteiger partial charge on any atom is 0.311 e. The molecule has 0 aliphatic rings. The minimum Gasteiger partial charge on any atom is -0.481 e. The van der Waals surface area contributed by atoms with Gasteiger partial charge in [0.15, 0.2) is 0 Å². The van der Waals surface area contributed by atoms with E-state index in [1.165, 1.54) is 0 Å². The van der Waals surface area contributed by atoms with Crippen LogP contribution in [0.25, 0.3) is 0 Å². The zero-order valence-electron chi connectivity index (χ0n) is 7.68. The standard InChI is InChI=1S/C10H9BrO4/c11-8-4-2-1-3-6(8)7(10(14)15)5-9(12)13/h1-4,7H,5H2,(H,12,13)(H,14,15)/t7-/m0/s1. The summed E-state index contributed by atoms with van der Waals surface area (Å²) in [5.41, 5.74) is 0.479. The van der Waals surface area contributed by atoms with Crippen LogP contribution in [0.15, 0.2) is 28.7 Å². The molecule has 15 heavy (non-hydrogen) atoms. The number of carboxylic acid groups (broad SMARTS) is 2. The normalized spacial score (nSPS) is 12.1. The number of aliphatic carboxylic acids is 2. The van der Waals surface area contributed by atoms with E-state index in [4.69, 9.17) is 10.2 Å². The van der Waals surface area contributed by atoms with Gasteiger partial charge in [-0.15, -0.1) is 0 Å². The Balaban J connectivity index is 3.04. The average molecular weight is 273 g/mol. The third kappa shape index (κ3) is 3.06. The average Bonchev–Trinajstić information content (AvgIpc) is 2.15. The van der Waals surface area contributed by atoms with Gasteiger partial charge >= 0.3 is 11.9 Å². The maximum atomic E-state index is 10.9. The van der Waals surface area contributed by atoms with Crippen molar-refractivity contribution in [3.8, 4) is 0 Å². The molecule has 0 amide bonds. The summed E-state index contributed by atoms with van der Waals surface area (Å²) in [6.45, 7) is 0. The minimum atomic E-state index is -1.13. The van der Waals surface area contributed by atoms with Crippen molar-refractivity contribution in [2.45, 2.75) is 12.3 Å². The lowest BCUT2D eigenvalue weighted by molar-refractivity contribution is -0.145. The highest BCUT2D eigenvalue weighted by atomic mass is 79.9. The Hall–Kier alpha value is -1.36. The van der Waals surface area contributed by atoms with Gasteiger partial charge in [0.2, 0.25) is 0 Å². The van der Waals surface area contributed by atoms with E-state index in [-0.39, 0.29) is 0 Å². The van der Waals surface area contributed by atoms with Crippen LogP contribution < -0.4 is 0 Å². The first kappa shape index (κ1) is 11.7. The maximum absolute atomic E-state index is 10.9. The van der Waals surface area contributed by atoms with Gasteiger partial charge in [-0.05, 0) is 11.6 Å². The number of carbonyl (C=O) groups is 2. The Kier molecular flexibility index (Phi) is 3.85. The number of rotatable bonds is 4. The Morgan fingerprint density at radius 3 is 2.33 bits per heavy atom. The van der Waals surface area contributed by atoms with Crippen LogP contribution in [0, 0.1) is 0 Å². The molecule has 1 aromatic carbocycles. The van der Waals surface area contributed by atoms with Crippen molar-refractivity contribution >= 4 is 27.9 Å². The molecule has 0 fully saturated rings. The van der Waals surface area contributed by atoms with Gasteiger partial charge < -0.3 is 10.2 Å². The molecule has 0 saturated heterocycles. The van der Waals surface area contributed by atoms with Crippen LogP contribution in [0.1, 0.15) is 17.9 Å². The lowest BCUT2D eigenvalue weighted by atomic mass is 9.96. The molecule has 1 atom stereocenters. The Morgan fingerprint density at radius 1 is 1.27 bits per heavy atom. The molecule has 0 heterocycles. The smallest absolute Gasteiger partial charge is 0.311 e. The highest BCUT2D eigenvalue weighted by Crippen LogP contribution is 2.27. The van der Waals surface area contributed by atoms with Crippen molar-refractivity contribution in [2.75, 3.05) is 0 Å². The monoisotopic (exact) mass is 272 g/mol. The van der Waals surface area contributed by atoms with Crippen LogP contribution in [-0.2, 0) is 9.59 Å². The van der Waals surface area contributed by atoms with E-state index in [1.807, 2.05) is 0 Å². The highest BCUT2D eigenvalue weighted by molar-refractivity contribution is 9.10. The van der Waals surface area contributed by atoms with Gasteiger partial charge in [0.05, 0.1) is 12.3 Å². The van der Waals surface area contributed by atoms with E-state index in [0.29, 0.717) is 10.0 Å². The van der Waals surface area contributed by atoms with Crippen LogP contribution in [0.4, 0.5) is 0 Å².